The number of carbonyl (C=O) groups is 1. The highest BCUT2D eigenvalue weighted by atomic mass is 16.1. The van der Waals surface area contributed by atoms with E-state index in [1.54, 1.807) is 6.20 Å². The van der Waals surface area contributed by atoms with Gasteiger partial charge in [0.2, 0.25) is 11.9 Å². The summed E-state index contributed by atoms with van der Waals surface area (Å²) in [6.45, 7) is 4.13. The summed E-state index contributed by atoms with van der Waals surface area (Å²) < 4.78 is 0. The third-order valence-electron chi connectivity index (χ3n) is 3.55. The van der Waals surface area contributed by atoms with Gasteiger partial charge in [-0.05, 0) is 19.4 Å². The average molecular weight is 291 g/mol. The van der Waals surface area contributed by atoms with E-state index in [2.05, 4.69) is 22.2 Å². The van der Waals surface area contributed by atoms with Crippen LogP contribution in [-0.4, -0.2) is 15.9 Å². The number of nitrogens with zero attached hydrogens (tertiary/aromatic N) is 2. The van der Waals surface area contributed by atoms with Crippen molar-refractivity contribution >= 4 is 11.9 Å². The molecule has 21 heavy (non-hydrogen) atoms. The Labute approximate surface area is 128 Å². The molecule has 1 amide bonds. The fourth-order valence-electron chi connectivity index (χ4n) is 2.29. The number of aromatic nitrogens is 2. The van der Waals surface area contributed by atoms with Gasteiger partial charge >= 0.3 is 0 Å². The zero-order valence-corrected chi connectivity index (χ0v) is 13.5. The second-order valence-corrected chi connectivity index (χ2v) is 5.65. The van der Waals surface area contributed by atoms with Crippen LogP contribution < -0.4 is 5.32 Å². The molecule has 0 radical (unpaired) electrons. The van der Waals surface area contributed by atoms with Crippen LogP contribution in [0.5, 0.6) is 0 Å². The van der Waals surface area contributed by atoms with E-state index in [1.165, 1.54) is 44.9 Å². The van der Waals surface area contributed by atoms with Crippen molar-refractivity contribution < 1.29 is 4.79 Å². The Balaban J connectivity index is 1.99. The topological polar surface area (TPSA) is 54.9 Å². The molecule has 118 valence electrons. The van der Waals surface area contributed by atoms with Crippen LogP contribution >= 0.6 is 0 Å². The molecular formula is C17H29N3O. The highest BCUT2D eigenvalue weighted by Crippen LogP contribution is 2.11. The lowest BCUT2D eigenvalue weighted by molar-refractivity contribution is -0.116. The quantitative estimate of drug-likeness (QED) is 0.604. The van der Waals surface area contributed by atoms with E-state index in [4.69, 9.17) is 0 Å². The first-order chi connectivity index (χ1) is 10.2. The molecule has 0 saturated heterocycles. The minimum absolute atomic E-state index is 0.0172. The monoisotopic (exact) mass is 291 g/mol. The third kappa shape index (κ3) is 9.16. The van der Waals surface area contributed by atoms with Gasteiger partial charge in [-0.1, -0.05) is 58.3 Å². The minimum atomic E-state index is 0.0172. The van der Waals surface area contributed by atoms with Gasteiger partial charge in [-0.3, -0.25) is 10.1 Å². The van der Waals surface area contributed by atoms with E-state index in [9.17, 15) is 4.79 Å². The number of hydrogen-bond acceptors (Lipinski definition) is 3. The lowest BCUT2D eigenvalue weighted by Gasteiger charge is -2.04. The zero-order chi connectivity index (χ0) is 15.3. The van der Waals surface area contributed by atoms with E-state index in [-0.39, 0.29) is 5.91 Å². The van der Waals surface area contributed by atoms with E-state index < -0.39 is 0 Å². The number of anilines is 1. The Kier molecular flexibility index (Phi) is 9.42. The molecule has 1 heterocycles. The van der Waals surface area contributed by atoms with Crippen LogP contribution in [0.25, 0.3) is 0 Å². The molecule has 1 N–H and O–H groups in total. The summed E-state index contributed by atoms with van der Waals surface area (Å²) in [6, 6.07) is 1.82. The zero-order valence-electron chi connectivity index (χ0n) is 13.5. The molecule has 0 aliphatic heterocycles. The highest BCUT2D eigenvalue weighted by molar-refractivity contribution is 5.88. The SMILES string of the molecule is CCCCCCCCCCCC(=O)Nc1nccc(C)n1. The van der Waals surface area contributed by atoms with E-state index in [0.29, 0.717) is 12.4 Å². The summed E-state index contributed by atoms with van der Waals surface area (Å²) in [4.78, 5) is 19.9. The Bertz CT molecular complexity index is 407. The summed E-state index contributed by atoms with van der Waals surface area (Å²) >= 11 is 0. The molecule has 0 unspecified atom stereocenters. The summed E-state index contributed by atoms with van der Waals surface area (Å²) in [5.41, 5.74) is 0.864. The third-order valence-corrected chi connectivity index (χ3v) is 3.55. The Morgan fingerprint density at radius 1 is 1.05 bits per heavy atom. The van der Waals surface area contributed by atoms with Crippen molar-refractivity contribution in [1.29, 1.82) is 0 Å². The Hall–Kier alpha value is -1.45. The average Bonchev–Trinajstić information content (AvgIpc) is 2.45. The van der Waals surface area contributed by atoms with Gasteiger partial charge in [0.25, 0.3) is 0 Å². The van der Waals surface area contributed by atoms with Gasteiger partial charge in [-0.15, -0.1) is 0 Å². The molecule has 0 spiro atoms. The van der Waals surface area contributed by atoms with Gasteiger partial charge in [0.1, 0.15) is 0 Å². The fourth-order valence-corrected chi connectivity index (χ4v) is 2.29. The minimum Gasteiger partial charge on any atom is -0.295 e. The van der Waals surface area contributed by atoms with Crippen LogP contribution in [0.2, 0.25) is 0 Å². The first-order valence-electron chi connectivity index (χ1n) is 8.32. The van der Waals surface area contributed by atoms with Gasteiger partial charge < -0.3 is 0 Å². The highest BCUT2D eigenvalue weighted by Gasteiger charge is 2.04. The molecule has 4 nitrogen and oxygen atoms in total. The second-order valence-electron chi connectivity index (χ2n) is 5.65. The second kappa shape index (κ2) is 11.2. The summed E-state index contributed by atoms with van der Waals surface area (Å²) in [6.07, 6.45) is 13.6. The molecule has 0 aromatic carbocycles. The van der Waals surface area contributed by atoms with E-state index >= 15 is 0 Å². The van der Waals surface area contributed by atoms with Gasteiger partial charge in [-0.2, -0.15) is 0 Å². The van der Waals surface area contributed by atoms with Crippen LogP contribution in [0.15, 0.2) is 12.3 Å². The van der Waals surface area contributed by atoms with Gasteiger partial charge in [0.15, 0.2) is 0 Å². The van der Waals surface area contributed by atoms with Crippen LogP contribution in [0.3, 0.4) is 0 Å². The number of rotatable bonds is 11. The first-order valence-corrected chi connectivity index (χ1v) is 8.32. The molecule has 4 heteroatoms. The van der Waals surface area contributed by atoms with Crippen molar-refractivity contribution in [1.82, 2.24) is 9.97 Å². The predicted octanol–water partition coefficient (Wildman–Crippen LogP) is 4.64. The standard InChI is InChI=1S/C17H29N3O/c1-3-4-5-6-7-8-9-10-11-12-16(21)20-17-18-14-13-15(2)19-17/h13-14H,3-12H2,1-2H3,(H,18,19,20,21). The van der Waals surface area contributed by atoms with Gasteiger partial charge in [0.05, 0.1) is 0 Å². The number of hydrogen-bond donors (Lipinski definition) is 1. The number of unbranched alkanes of at least 4 members (excludes halogenated alkanes) is 8. The van der Waals surface area contributed by atoms with Crippen molar-refractivity contribution in [3.63, 3.8) is 0 Å². The molecule has 0 fully saturated rings. The molecule has 0 bridgehead atoms. The molecule has 1 rings (SSSR count). The maximum Gasteiger partial charge on any atom is 0.229 e. The van der Waals surface area contributed by atoms with Crippen LogP contribution in [-0.2, 0) is 4.79 Å². The smallest absolute Gasteiger partial charge is 0.229 e. The summed E-state index contributed by atoms with van der Waals surface area (Å²) in [5, 5.41) is 2.75. The van der Waals surface area contributed by atoms with Gasteiger partial charge in [-0.25, -0.2) is 9.97 Å². The van der Waals surface area contributed by atoms with Crippen LogP contribution in [0.4, 0.5) is 5.95 Å². The number of carbonyl (C=O) groups excluding carboxylic acids is 1. The number of amides is 1. The molecule has 1 aromatic rings. The fraction of sp³-hybridized carbons (Fsp3) is 0.706. The molecular weight excluding hydrogens is 262 g/mol. The van der Waals surface area contributed by atoms with Crippen molar-refractivity contribution in [3.05, 3.63) is 18.0 Å². The summed E-state index contributed by atoms with van der Waals surface area (Å²) in [5.74, 6) is 0.430. The molecule has 1 aromatic heterocycles. The maximum absolute atomic E-state index is 11.7. The summed E-state index contributed by atoms with van der Waals surface area (Å²) in [7, 11) is 0. The largest absolute Gasteiger partial charge is 0.295 e. The van der Waals surface area contributed by atoms with E-state index in [0.717, 1.165) is 18.5 Å². The Morgan fingerprint density at radius 3 is 2.29 bits per heavy atom. The molecule has 0 aliphatic rings. The van der Waals surface area contributed by atoms with Crippen molar-refractivity contribution in [2.24, 2.45) is 0 Å². The predicted molar refractivity (Wildman–Crippen MR) is 87.2 cm³/mol. The molecule has 0 aliphatic carbocycles. The van der Waals surface area contributed by atoms with Gasteiger partial charge in [0, 0.05) is 18.3 Å². The molecule has 0 atom stereocenters. The molecule has 0 saturated carbocycles. The van der Waals surface area contributed by atoms with Crippen molar-refractivity contribution in [2.45, 2.75) is 78.1 Å². The van der Waals surface area contributed by atoms with Crippen LogP contribution in [0.1, 0.15) is 76.8 Å². The van der Waals surface area contributed by atoms with Crippen molar-refractivity contribution in [3.8, 4) is 0 Å². The van der Waals surface area contributed by atoms with Crippen molar-refractivity contribution in [2.75, 3.05) is 5.32 Å². The lowest BCUT2D eigenvalue weighted by Crippen LogP contribution is -2.13. The van der Waals surface area contributed by atoms with Crippen LogP contribution in [0, 0.1) is 6.92 Å². The first kappa shape index (κ1) is 17.6. The number of nitrogens with one attached hydrogen (secondary N) is 1. The normalized spacial score (nSPS) is 10.6. The maximum atomic E-state index is 11.7. The number of aryl methyl sites for hydroxylation is 1. The Morgan fingerprint density at radius 2 is 1.67 bits per heavy atom. The van der Waals surface area contributed by atoms with E-state index in [1.807, 2.05) is 13.0 Å². The lowest BCUT2D eigenvalue weighted by atomic mass is 10.1.